The number of thioether (sulfide) groups is 1. The van der Waals surface area contributed by atoms with Crippen molar-refractivity contribution >= 4 is 22.6 Å². The average molecular weight is 303 g/mol. The van der Waals surface area contributed by atoms with Gasteiger partial charge in [0.1, 0.15) is 6.61 Å². The zero-order chi connectivity index (χ0) is 15.0. The van der Waals surface area contributed by atoms with Crippen LogP contribution in [0.1, 0.15) is 5.56 Å². The van der Waals surface area contributed by atoms with Gasteiger partial charge < -0.3 is 4.74 Å². The fourth-order valence-corrected chi connectivity index (χ4v) is 1.59. The summed E-state index contributed by atoms with van der Waals surface area (Å²) in [6.45, 7) is -1.38. The van der Waals surface area contributed by atoms with E-state index in [1.54, 1.807) is 36.7 Å². The topological polar surface area (TPSA) is 57.4 Å². The van der Waals surface area contributed by atoms with Crippen LogP contribution in [0.5, 0.6) is 0 Å². The normalized spacial score (nSPS) is 12.1. The first kappa shape index (κ1) is 16.3. The molecule has 4 nitrogen and oxygen atoms in total. The Kier molecular flexibility index (Phi) is 6.35. The molecule has 1 N–H and O–H groups in total. The monoisotopic (exact) mass is 303 g/mol. The summed E-state index contributed by atoms with van der Waals surface area (Å²) < 4.78 is 40.2. The molecule has 0 heterocycles. The third-order valence-electron chi connectivity index (χ3n) is 2.06. The van der Waals surface area contributed by atoms with Crippen molar-refractivity contribution in [2.75, 3.05) is 12.9 Å². The molecule has 1 aromatic rings. The Morgan fingerprint density at radius 3 is 2.55 bits per heavy atom. The summed E-state index contributed by atoms with van der Waals surface area (Å²) in [5.74, 6) is 0. The summed E-state index contributed by atoms with van der Waals surface area (Å²) in [6, 6.07) is 6.53. The number of hydrogen-bond acceptors (Lipinski definition) is 4. The van der Waals surface area contributed by atoms with Crippen LogP contribution in [-0.2, 0) is 11.3 Å². The molecular weight excluding hydrogens is 291 g/mol. The van der Waals surface area contributed by atoms with Crippen LogP contribution in [0.4, 0.5) is 18.9 Å². The first-order valence-electron chi connectivity index (χ1n) is 5.46. The molecule has 1 rings (SSSR count). The Morgan fingerprint density at radius 2 is 2.05 bits per heavy atom. The SMILES string of the molecule is CSC(=Nc1ccc(COCC(F)(F)F)cc1)NC#N. The second-order valence-corrected chi connectivity index (χ2v) is 4.43. The van der Waals surface area contributed by atoms with Crippen LogP contribution >= 0.6 is 11.8 Å². The van der Waals surface area contributed by atoms with Gasteiger partial charge in [0, 0.05) is 0 Å². The zero-order valence-corrected chi connectivity index (χ0v) is 11.4. The van der Waals surface area contributed by atoms with Crippen LogP contribution in [-0.4, -0.2) is 24.2 Å². The molecule has 20 heavy (non-hydrogen) atoms. The van der Waals surface area contributed by atoms with Gasteiger partial charge in [-0.05, 0) is 24.0 Å². The number of benzene rings is 1. The van der Waals surface area contributed by atoms with E-state index in [1.807, 2.05) is 0 Å². The highest BCUT2D eigenvalue weighted by atomic mass is 32.2. The van der Waals surface area contributed by atoms with E-state index in [4.69, 9.17) is 5.26 Å². The van der Waals surface area contributed by atoms with E-state index < -0.39 is 12.8 Å². The minimum absolute atomic E-state index is 0.116. The Balaban J connectivity index is 2.58. The summed E-state index contributed by atoms with van der Waals surface area (Å²) >= 11 is 1.28. The first-order valence-corrected chi connectivity index (χ1v) is 6.68. The van der Waals surface area contributed by atoms with Crippen LogP contribution in [0, 0.1) is 11.5 Å². The van der Waals surface area contributed by atoms with Crippen molar-refractivity contribution in [3.8, 4) is 6.19 Å². The molecule has 108 valence electrons. The Morgan fingerprint density at radius 1 is 1.40 bits per heavy atom. The van der Waals surface area contributed by atoms with Crippen LogP contribution in [0.15, 0.2) is 29.3 Å². The fraction of sp³-hybridized carbons (Fsp3) is 0.333. The lowest BCUT2D eigenvalue weighted by atomic mass is 10.2. The molecule has 0 aromatic heterocycles. The fourth-order valence-electron chi connectivity index (χ4n) is 1.24. The quantitative estimate of drug-likeness (QED) is 0.402. The lowest BCUT2D eigenvalue weighted by molar-refractivity contribution is -0.176. The Bertz CT molecular complexity index is 494. The molecule has 0 radical (unpaired) electrons. The second kappa shape index (κ2) is 7.77. The number of rotatable bonds is 4. The van der Waals surface area contributed by atoms with Crippen molar-refractivity contribution in [2.24, 2.45) is 4.99 Å². The lowest BCUT2D eigenvalue weighted by Gasteiger charge is -2.07. The molecule has 1 aromatic carbocycles. The largest absolute Gasteiger partial charge is 0.411 e. The molecule has 0 saturated heterocycles. The predicted octanol–water partition coefficient (Wildman–Crippen LogP) is 3.19. The molecule has 8 heteroatoms. The smallest absolute Gasteiger partial charge is 0.367 e. The van der Waals surface area contributed by atoms with Crippen molar-refractivity contribution in [3.05, 3.63) is 29.8 Å². The maximum absolute atomic E-state index is 11.9. The number of nitrogens with zero attached hydrogens (tertiary/aromatic N) is 2. The number of aliphatic imine (C=N–C) groups is 1. The van der Waals surface area contributed by atoms with Crippen molar-refractivity contribution in [3.63, 3.8) is 0 Å². The third-order valence-corrected chi connectivity index (χ3v) is 2.64. The summed E-state index contributed by atoms with van der Waals surface area (Å²) in [6.07, 6.45) is -0.788. The lowest BCUT2D eigenvalue weighted by Crippen LogP contribution is -2.16. The minimum atomic E-state index is -4.32. The second-order valence-electron chi connectivity index (χ2n) is 3.63. The number of nitriles is 1. The van der Waals surface area contributed by atoms with Gasteiger partial charge in [-0.15, -0.1) is 0 Å². The molecule has 0 bridgehead atoms. The molecular formula is C12H12F3N3OS. The minimum Gasteiger partial charge on any atom is -0.367 e. The van der Waals surface area contributed by atoms with Gasteiger partial charge >= 0.3 is 6.18 Å². The maximum Gasteiger partial charge on any atom is 0.411 e. The van der Waals surface area contributed by atoms with Gasteiger partial charge in [-0.25, -0.2) is 4.99 Å². The maximum atomic E-state index is 11.9. The molecule has 0 aliphatic carbocycles. The highest BCUT2D eigenvalue weighted by Gasteiger charge is 2.27. The molecule has 0 aliphatic rings. The molecule has 0 unspecified atom stereocenters. The molecule has 0 amide bonds. The highest BCUT2D eigenvalue weighted by Crippen LogP contribution is 2.18. The van der Waals surface area contributed by atoms with E-state index in [9.17, 15) is 13.2 Å². The van der Waals surface area contributed by atoms with Crippen molar-refractivity contribution in [1.82, 2.24) is 5.32 Å². The molecule has 0 aliphatic heterocycles. The van der Waals surface area contributed by atoms with Gasteiger partial charge in [0.2, 0.25) is 0 Å². The zero-order valence-electron chi connectivity index (χ0n) is 10.6. The first-order chi connectivity index (χ1) is 9.44. The van der Waals surface area contributed by atoms with E-state index in [1.165, 1.54) is 11.8 Å². The number of ether oxygens (including phenoxy) is 1. The molecule has 0 saturated carbocycles. The van der Waals surface area contributed by atoms with Crippen molar-refractivity contribution in [1.29, 1.82) is 5.26 Å². The van der Waals surface area contributed by atoms with Crippen molar-refractivity contribution in [2.45, 2.75) is 12.8 Å². The highest BCUT2D eigenvalue weighted by molar-refractivity contribution is 8.13. The molecule has 0 fully saturated rings. The molecule has 0 spiro atoms. The Labute approximate surface area is 118 Å². The van der Waals surface area contributed by atoms with Gasteiger partial charge in [0.25, 0.3) is 0 Å². The number of halogens is 3. The van der Waals surface area contributed by atoms with Gasteiger partial charge in [0.15, 0.2) is 11.4 Å². The number of amidine groups is 1. The van der Waals surface area contributed by atoms with E-state index >= 15 is 0 Å². The number of nitrogens with one attached hydrogen (secondary N) is 1. The standard InChI is InChI=1S/C12H12F3N3OS/c1-20-11(17-8-16)18-10-4-2-9(3-5-10)6-19-7-12(13,14)15/h2-5H,6-7H2,1H3,(H,17,18). The van der Waals surface area contributed by atoms with Gasteiger partial charge in [-0.2, -0.15) is 18.4 Å². The van der Waals surface area contributed by atoms with E-state index in [0.29, 0.717) is 16.4 Å². The average Bonchev–Trinajstić information content (AvgIpc) is 2.38. The van der Waals surface area contributed by atoms with Crippen LogP contribution in [0.3, 0.4) is 0 Å². The Hall–Kier alpha value is -1.72. The number of hydrogen-bond donors (Lipinski definition) is 1. The summed E-state index contributed by atoms with van der Waals surface area (Å²) in [7, 11) is 0. The predicted molar refractivity (Wildman–Crippen MR) is 71.5 cm³/mol. The molecule has 0 atom stereocenters. The van der Waals surface area contributed by atoms with Crippen LogP contribution in [0.25, 0.3) is 0 Å². The summed E-state index contributed by atoms with van der Waals surface area (Å²) in [5.41, 5.74) is 1.21. The third kappa shape index (κ3) is 6.45. The summed E-state index contributed by atoms with van der Waals surface area (Å²) in [5, 5.41) is 11.3. The van der Waals surface area contributed by atoms with E-state index in [-0.39, 0.29) is 6.61 Å². The number of alkyl halides is 3. The van der Waals surface area contributed by atoms with Gasteiger partial charge in [-0.3, -0.25) is 5.32 Å². The van der Waals surface area contributed by atoms with E-state index in [0.717, 1.165) is 0 Å². The van der Waals surface area contributed by atoms with Crippen LogP contribution < -0.4 is 5.32 Å². The van der Waals surface area contributed by atoms with Crippen molar-refractivity contribution < 1.29 is 17.9 Å². The van der Waals surface area contributed by atoms with Crippen LogP contribution in [0.2, 0.25) is 0 Å². The van der Waals surface area contributed by atoms with E-state index in [2.05, 4.69) is 15.0 Å². The summed E-state index contributed by atoms with van der Waals surface area (Å²) in [4.78, 5) is 4.15. The van der Waals surface area contributed by atoms with Gasteiger partial charge in [0.05, 0.1) is 12.3 Å². The van der Waals surface area contributed by atoms with Gasteiger partial charge in [-0.1, -0.05) is 23.9 Å².